The number of fused-ring (bicyclic) bond motifs is 3. The molecule has 3 aliphatic carbocycles. The van der Waals surface area contributed by atoms with Gasteiger partial charge in [0.05, 0.1) is 11.5 Å². The highest BCUT2D eigenvalue weighted by Crippen LogP contribution is 2.68. The molecule has 2 unspecified atom stereocenters. The van der Waals surface area contributed by atoms with Crippen molar-refractivity contribution in [1.29, 1.82) is 5.26 Å². The second kappa shape index (κ2) is 5.36. The van der Waals surface area contributed by atoms with E-state index in [1.165, 1.54) is 5.57 Å². The lowest BCUT2D eigenvalue weighted by atomic mass is 9.40. The van der Waals surface area contributed by atoms with Gasteiger partial charge in [-0.3, -0.25) is 4.79 Å². The summed E-state index contributed by atoms with van der Waals surface area (Å²) in [6.45, 7) is 6.49. The van der Waals surface area contributed by atoms with Crippen molar-refractivity contribution >= 4 is 5.97 Å². The van der Waals surface area contributed by atoms with E-state index in [0.717, 1.165) is 44.9 Å². The number of carbonyl (C=O) groups is 1. The zero-order valence-corrected chi connectivity index (χ0v) is 14.7. The van der Waals surface area contributed by atoms with Crippen molar-refractivity contribution in [1.82, 2.24) is 0 Å². The maximum Gasteiger partial charge on any atom is 0.309 e. The van der Waals surface area contributed by atoms with Crippen LogP contribution < -0.4 is 0 Å². The van der Waals surface area contributed by atoms with Gasteiger partial charge in [0.15, 0.2) is 0 Å². The summed E-state index contributed by atoms with van der Waals surface area (Å²) >= 11 is 0. The molecule has 2 fully saturated rings. The van der Waals surface area contributed by atoms with Crippen molar-refractivity contribution in [2.24, 2.45) is 28.1 Å². The third-order valence-electron chi connectivity index (χ3n) is 7.70. The molecule has 0 spiro atoms. The maximum atomic E-state index is 12.0. The molecular formula is C20H29NO2. The van der Waals surface area contributed by atoms with E-state index in [4.69, 9.17) is 0 Å². The van der Waals surface area contributed by atoms with Crippen LogP contribution in [0.5, 0.6) is 0 Å². The first-order chi connectivity index (χ1) is 10.8. The Morgan fingerprint density at radius 1 is 1.35 bits per heavy atom. The van der Waals surface area contributed by atoms with E-state index in [1.807, 2.05) is 6.92 Å². The average molecular weight is 315 g/mol. The minimum absolute atomic E-state index is 0.0533. The maximum absolute atomic E-state index is 12.0. The minimum atomic E-state index is -0.622. The summed E-state index contributed by atoms with van der Waals surface area (Å²) in [5, 5.41) is 19.3. The highest BCUT2D eigenvalue weighted by molar-refractivity contribution is 5.75. The van der Waals surface area contributed by atoms with E-state index in [1.54, 1.807) is 0 Å². The molecule has 2 saturated carbocycles. The van der Waals surface area contributed by atoms with E-state index >= 15 is 0 Å². The molecule has 3 nitrogen and oxygen atoms in total. The molecule has 0 aliphatic heterocycles. The number of carboxylic acids is 1. The second-order valence-corrected chi connectivity index (χ2v) is 8.89. The fraction of sp³-hybridized carbons (Fsp3) is 0.800. The Morgan fingerprint density at radius 3 is 2.74 bits per heavy atom. The Bertz CT molecular complexity index is 589. The van der Waals surface area contributed by atoms with Crippen LogP contribution in [0, 0.1) is 39.4 Å². The number of nitriles is 1. The lowest BCUT2D eigenvalue weighted by Gasteiger charge is -2.63. The van der Waals surface area contributed by atoms with E-state index in [2.05, 4.69) is 26.0 Å². The monoisotopic (exact) mass is 315 g/mol. The zero-order valence-electron chi connectivity index (χ0n) is 14.7. The normalized spacial score (nSPS) is 46.1. The van der Waals surface area contributed by atoms with E-state index in [0.29, 0.717) is 12.3 Å². The van der Waals surface area contributed by atoms with Crippen LogP contribution in [0.15, 0.2) is 11.6 Å². The van der Waals surface area contributed by atoms with Gasteiger partial charge in [0.2, 0.25) is 0 Å². The van der Waals surface area contributed by atoms with E-state index < -0.39 is 11.4 Å². The SMILES string of the molecule is CC1=CCC2[C@](CC#N)(CCC3[C@@]2(C)CCC[C@@]3(C)C(=O)O)C1. The number of carboxylic acid groups (broad SMARTS) is 1. The number of rotatable bonds is 2. The third kappa shape index (κ3) is 2.25. The Labute approximate surface area is 139 Å². The molecule has 126 valence electrons. The van der Waals surface area contributed by atoms with Gasteiger partial charge in [-0.15, -0.1) is 0 Å². The van der Waals surface area contributed by atoms with Gasteiger partial charge < -0.3 is 5.11 Å². The largest absolute Gasteiger partial charge is 0.481 e. The standard InChI is InChI=1S/C20H29NO2/c1-14-5-6-16-18(2)8-4-9-19(3,17(22)23)15(18)7-10-20(16,13-14)11-12-21/h5,15-16H,4,6-11,13H2,1-3H3,(H,22,23)/t15?,16?,18-,19-,20+/m1/s1. The molecule has 3 rings (SSSR count). The van der Waals surface area contributed by atoms with Gasteiger partial charge >= 0.3 is 5.97 Å². The molecule has 0 amide bonds. The Kier molecular flexibility index (Phi) is 3.86. The van der Waals surface area contributed by atoms with Crippen molar-refractivity contribution in [3.05, 3.63) is 11.6 Å². The molecule has 0 saturated heterocycles. The summed E-state index contributed by atoms with van der Waals surface area (Å²) in [4.78, 5) is 12.0. The van der Waals surface area contributed by atoms with Crippen LogP contribution in [0.3, 0.4) is 0 Å². The first-order valence-corrected chi connectivity index (χ1v) is 9.04. The number of aliphatic carboxylic acids is 1. The molecule has 0 aromatic carbocycles. The van der Waals surface area contributed by atoms with Crippen LogP contribution in [-0.2, 0) is 4.79 Å². The van der Waals surface area contributed by atoms with Crippen LogP contribution >= 0.6 is 0 Å². The van der Waals surface area contributed by atoms with Crippen LogP contribution in [0.1, 0.15) is 72.1 Å². The number of hydrogen-bond donors (Lipinski definition) is 1. The molecule has 0 bridgehead atoms. The highest BCUT2D eigenvalue weighted by Gasteiger charge is 2.62. The van der Waals surface area contributed by atoms with Gasteiger partial charge in [0.1, 0.15) is 0 Å². The van der Waals surface area contributed by atoms with Crippen molar-refractivity contribution in [3.63, 3.8) is 0 Å². The molecule has 3 aliphatic rings. The lowest BCUT2D eigenvalue weighted by Crippen LogP contribution is -2.58. The summed E-state index contributed by atoms with van der Waals surface area (Å²) in [5.74, 6) is 0.0738. The van der Waals surface area contributed by atoms with Crippen molar-refractivity contribution in [2.45, 2.75) is 72.1 Å². The van der Waals surface area contributed by atoms with Crippen LogP contribution in [0.4, 0.5) is 0 Å². The molecule has 0 radical (unpaired) electrons. The fourth-order valence-corrected chi connectivity index (χ4v) is 6.65. The van der Waals surface area contributed by atoms with Gasteiger partial charge in [0, 0.05) is 6.42 Å². The predicted molar refractivity (Wildman–Crippen MR) is 89.6 cm³/mol. The zero-order chi connectivity index (χ0) is 16.9. The van der Waals surface area contributed by atoms with Gasteiger partial charge in [-0.05, 0) is 75.0 Å². The van der Waals surface area contributed by atoms with E-state index in [-0.39, 0.29) is 16.7 Å². The fourth-order valence-electron chi connectivity index (χ4n) is 6.65. The Balaban J connectivity index is 2.05. The summed E-state index contributed by atoms with van der Waals surface area (Å²) in [7, 11) is 0. The number of allylic oxidation sites excluding steroid dienone is 2. The van der Waals surface area contributed by atoms with Gasteiger partial charge in [-0.25, -0.2) is 0 Å². The van der Waals surface area contributed by atoms with Crippen LogP contribution in [-0.4, -0.2) is 11.1 Å². The number of nitrogens with zero attached hydrogens (tertiary/aromatic N) is 1. The highest BCUT2D eigenvalue weighted by atomic mass is 16.4. The van der Waals surface area contributed by atoms with E-state index in [9.17, 15) is 15.2 Å². The first-order valence-electron chi connectivity index (χ1n) is 9.04. The topological polar surface area (TPSA) is 61.1 Å². The molecule has 1 N–H and O–H groups in total. The smallest absolute Gasteiger partial charge is 0.309 e. The van der Waals surface area contributed by atoms with Gasteiger partial charge in [-0.2, -0.15) is 5.26 Å². The third-order valence-corrected chi connectivity index (χ3v) is 7.70. The van der Waals surface area contributed by atoms with Gasteiger partial charge in [0.25, 0.3) is 0 Å². The molecule has 23 heavy (non-hydrogen) atoms. The Hall–Kier alpha value is -1.30. The lowest BCUT2D eigenvalue weighted by molar-refractivity contribution is -0.178. The van der Waals surface area contributed by atoms with Crippen molar-refractivity contribution in [3.8, 4) is 6.07 Å². The predicted octanol–water partition coefficient (Wildman–Crippen LogP) is 4.93. The van der Waals surface area contributed by atoms with Crippen molar-refractivity contribution < 1.29 is 9.90 Å². The quantitative estimate of drug-likeness (QED) is 0.735. The second-order valence-electron chi connectivity index (χ2n) is 8.89. The molecule has 0 aromatic heterocycles. The van der Waals surface area contributed by atoms with Crippen LogP contribution in [0.25, 0.3) is 0 Å². The molecule has 0 heterocycles. The van der Waals surface area contributed by atoms with Crippen LogP contribution in [0.2, 0.25) is 0 Å². The summed E-state index contributed by atoms with van der Waals surface area (Å²) in [5.41, 5.74) is 0.949. The van der Waals surface area contributed by atoms with Gasteiger partial charge in [-0.1, -0.05) is 25.0 Å². The molecule has 5 atom stereocenters. The minimum Gasteiger partial charge on any atom is -0.481 e. The summed E-state index contributed by atoms with van der Waals surface area (Å²) in [6, 6.07) is 2.46. The van der Waals surface area contributed by atoms with Crippen molar-refractivity contribution in [2.75, 3.05) is 0 Å². The molecule has 0 aromatic rings. The summed E-state index contributed by atoms with van der Waals surface area (Å²) < 4.78 is 0. The average Bonchev–Trinajstić information content (AvgIpc) is 2.46. The Morgan fingerprint density at radius 2 is 2.09 bits per heavy atom. The first kappa shape index (κ1) is 16.6. The molecular weight excluding hydrogens is 286 g/mol. The molecule has 3 heteroatoms. The summed E-state index contributed by atoms with van der Waals surface area (Å²) in [6.07, 6.45) is 9.91. The number of hydrogen-bond acceptors (Lipinski definition) is 2.